The van der Waals surface area contributed by atoms with Gasteiger partial charge >= 0.3 is 5.97 Å². The Labute approximate surface area is 191 Å². The fourth-order valence-electron chi connectivity index (χ4n) is 3.38. The molecule has 1 heterocycles. The quantitative estimate of drug-likeness (QED) is 0.497. The number of likely N-dealkylation sites (N-methyl/N-ethyl adjacent to an activating group) is 1. The number of rotatable bonds is 7. The first kappa shape index (κ1) is 23.0. The van der Waals surface area contributed by atoms with Gasteiger partial charge in [-0.2, -0.15) is 0 Å². The molecule has 0 radical (unpaired) electrons. The van der Waals surface area contributed by atoms with E-state index in [2.05, 4.69) is 10.3 Å². The van der Waals surface area contributed by atoms with Crippen LogP contribution in [0.4, 0.5) is 5.69 Å². The van der Waals surface area contributed by atoms with Gasteiger partial charge < -0.3 is 10.1 Å². The number of amides is 1. The number of nitrogens with zero attached hydrogens (tertiary/aromatic N) is 2. The van der Waals surface area contributed by atoms with Crippen molar-refractivity contribution >= 4 is 51.7 Å². The van der Waals surface area contributed by atoms with E-state index in [1.165, 1.54) is 0 Å². The molecule has 0 atom stereocenters. The molecule has 3 aromatic rings. The number of anilines is 1. The number of ether oxygens (including phenoxy) is 1. The highest BCUT2D eigenvalue weighted by Gasteiger charge is 2.21. The molecule has 0 aliphatic carbocycles. The predicted octanol–water partition coefficient (Wildman–Crippen LogP) is 5.10. The largest absolute Gasteiger partial charge is 0.462 e. The van der Waals surface area contributed by atoms with E-state index in [9.17, 15) is 9.59 Å². The minimum atomic E-state index is -0.422. The SMILES string of the molecule is CCOC(=O)c1c(CN(C)CC(=O)Nc2c(Cl)cccc2Cl)nc2ccccc2c1C. The van der Waals surface area contributed by atoms with E-state index in [4.69, 9.17) is 27.9 Å². The van der Waals surface area contributed by atoms with E-state index in [0.717, 1.165) is 16.5 Å². The van der Waals surface area contributed by atoms with E-state index < -0.39 is 5.97 Å². The standard InChI is InChI=1S/C23H23Cl2N3O3/c1-4-31-23(30)21-14(2)15-8-5-6-11-18(15)26-19(21)12-28(3)13-20(29)27-22-16(24)9-7-10-17(22)25/h5-11H,4,12-13H2,1-3H3,(H,27,29). The summed E-state index contributed by atoms with van der Waals surface area (Å²) in [6.07, 6.45) is 0. The number of hydrogen-bond donors (Lipinski definition) is 1. The van der Waals surface area contributed by atoms with Crippen molar-refractivity contribution in [1.82, 2.24) is 9.88 Å². The highest BCUT2D eigenvalue weighted by Crippen LogP contribution is 2.30. The lowest BCUT2D eigenvalue weighted by molar-refractivity contribution is -0.117. The fraction of sp³-hybridized carbons (Fsp3) is 0.261. The number of carbonyl (C=O) groups is 2. The van der Waals surface area contributed by atoms with Gasteiger partial charge in [-0.3, -0.25) is 14.7 Å². The highest BCUT2D eigenvalue weighted by atomic mass is 35.5. The van der Waals surface area contributed by atoms with Gasteiger partial charge in [-0.15, -0.1) is 0 Å². The van der Waals surface area contributed by atoms with Crippen LogP contribution in [0, 0.1) is 6.92 Å². The molecule has 31 heavy (non-hydrogen) atoms. The maximum absolute atomic E-state index is 12.7. The van der Waals surface area contributed by atoms with Crippen LogP contribution in [0.3, 0.4) is 0 Å². The first-order valence-corrected chi connectivity index (χ1v) is 10.5. The summed E-state index contributed by atoms with van der Waals surface area (Å²) in [6.45, 7) is 4.24. The topological polar surface area (TPSA) is 71.5 Å². The maximum atomic E-state index is 12.7. The van der Waals surface area contributed by atoms with Crippen LogP contribution >= 0.6 is 23.2 Å². The molecule has 8 heteroatoms. The summed E-state index contributed by atoms with van der Waals surface area (Å²) in [5, 5.41) is 4.35. The Balaban J connectivity index is 1.83. The minimum Gasteiger partial charge on any atom is -0.462 e. The maximum Gasteiger partial charge on any atom is 0.340 e. The second-order valence-corrected chi connectivity index (χ2v) is 7.93. The molecule has 162 valence electrons. The van der Waals surface area contributed by atoms with Gasteiger partial charge in [0.05, 0.1) is 45.7 Å². The number of halogens is 2. The molecule has 0 saturated heterocycles. The highest BCUT2D eigenvalue weighted by molar-refractivity contribution is 6.39. The van der Waals surface area contributed by atoms with Crippen LogP contribution in [-0.4, -0.2) is 42.0 Å². The van der Waals surface area contributed by atoms with E-state index in [0.29, 0.717) is 27.0 Å². The Hall–Kier alpha value is -2.67. The van der Waals surface area contributed by atoms with Gasteiger partial charge in [0, 0.05) is 11.9 Å². The van der Waals surface area contributed by atoms with Gasteiger partial charge in [-0.25, -0.2) is 4.79 Å². The second-order valence-electron chi connectivity index (χ2n) is 7.11. The summed E-state index contributed by atoms with van der Waals surface area (Å²) in [5.41, 5.74) is 2.95. The molecule has 0 spiro atoms. The zero-order valence-corrected chi connectivity index (χ0v) is 19.0. The van der Waals surface area contributed by atoms with Crippen LogP contribution in [0.1, 0.15) is 28.5 Å². The summed E-state index contributed by atoms with van der Waals surface area (Å²) >= 11 is 12.2. The first-order chi connectivity index (χ1) is 14.8. The third-order valence-corrected chi connectivity index (χ3v) is 5.40. The van der Waals surface area contributed by atoms with Crippen LogP contribution in [0.15, 0.2) is 42.5 Å². The van der Waals surface area contributed by atoms with Gasteiger partial charge in [0.15, 0.2) is 0 Å². The Morgan fingerprint density at radius 2 is 1.77 bits per heavy atom. The normalized spacial score (nSPS) is 11.0. The molecule has 0 aliphatic rings. The van der Waals surface area contributed by atoms with E-state index in [-0.39, 0.29) is 25.6 Å². The molecule has 1 N–H and O–H groups in total. The van der Waals surface area contributed by atoms with Gasteiger partial charge in [0.1, 0.15) is 0 Å². The number of esters is 1. The first-order valence-electron chi connectivity index (χ1n) is 9.79. The van der Waals surface area contributed by atoms with Crippen molar-refractivity contribution in [3.8, 4) is 0 Å². The van der Waals surface area contributed by atoms with Gasteiger partial charge in [0.2, 0.25) is 5.91 Å². The second kappa shape index (κ2) is 10.1. The molecule has 3 rings (SSSR count). The monoisotopic (exact) mass is 459 g/mol. The molecule has 1 amide bonds. The molecule has 6 nitrogen and oxygen atoms in total. The van der Waals surface area contributed by atoms with Gasteiger partial charge in [-0.05, 0) is 44.7 Å². The smallest absolute Gasteiger partial charge is 0.340 e. The van der Waals surface area contributed by atoms with Crippen LogP contribution in [0.5, 0.6) is 0 Å². The Bertz CT molecular complexity index is 1110. The lowest BCUT2D eigenvalue weighted by atomic mass is 10.0. The number of aromatic nitrogens is 1. The summed E-state index contributed by atoms with van der Waals surface area (Å²) in [6, 6.07) is 12.6. The number of para-hydroxylation sites is 2. The number of benzene rings is 2. The van der Waals surface area contributed by atoms with Gasteiger partial charge in [0.25, 0.3) is 0 Å². The Morgan fingerprint density at radius 3 is 2.45 bits per heavy atom. The van der Waals surface area contributed by atoms with Crippen molar-refractivity contribution < 1.29 is 14.3 Å². The van der Waals surface area contributed by atoms with E-state index >= 15 is 0 Å². The third-order valence-electron chi connectivity index (χ3n) is 4.77. The third kappa shape index (κ3) is 5.34. The van der Waals surface area contributed by atoms with Crippen LogP contribution in [0.2, 0.25) is 10.0 Å². The number of nitrogens with one attached hydrogen (secondary N) is 1. The molecule has 0 aliphatic heterocycles. The number of aryl methyl sites for hydroxylation is 1. The van der Waals surface area contributed by atoms with Crippen molar-refractivity contribution in [2.45, 2.75) is 20.4 Å². The van der Waals surface area contributed by atoms with Crippen molar-refractivity contribution in [2.24, 2.45) is 0 Å². The molecule has 2 aromatic carbocycles. The van der Waals surface area contributed by atoms with E-state index in [1.54, 1.807) is 37.1 Å². The summed E-state index contributed by atoms with van der Waals surface area (Å²) in [5.74, 6) is -0.707. The molecule has 0 saturated carbocycles. The number of fused-ring (bicyclic) bond motifs is 1. The van der Waals surface area contributed by atoms with Crippen LogP contribution in [0.25, 0.3) is 10.9 Å². The average Bonchev–Trinajstić information content (AvgIpc) is 2.71. The fourth-order valence-corrected chi connectivity index (χ4v) is 3.87. The predicted molar refractivity (Wildman–Crippen MR) is 124 cm³/mol. The summed E-state index contributed by atoms with van der Waals surface area (Å²) in [7, 11) is 1.77. The Kier molecular flexibility index (Phi) is 7.49. The van der Waals surface area contributed by atoms with Crippen LogP contribution < -0.4 is 5.32 Å². The molecular weight excluding hydrogens is 437 g/mol. The lowest BCUT2D eigenvalue weighted by Crippen LogP contribution is -2.31. The van der Waals surface area contributed by atoms with Crippen molar-refractivity contribution in [2.75, 3.05) is 25.5 Å². The van der Waals surface area contributed by atoms with Crippen molar-refractivity contribution in [3.05, 3.63) is 69.3 Å². The van der Waals surface area contributed by atoms with Crippen molar-refractivity contribution in [3.63, 3.8) is 0 Å². The van der Waals surface area contributed by atoms with E-state index in [1.807, 2.05) is 31.2 Å². The lowest BCUT2D eigenvalue weighted by Gasteiger charge is -2.20. The molecule has 0 fully saturated rings. The zero-order valence-electron chi connectivity index (χ0n) is 17.5. The number of pyridine rings is 1. The number of hydrogen-bond acceptors (Lipinski definition) is 5. The van der Waals surface area contributed by atoms with Gasteiger partial charge in [-0.1, -0.05) is 47.5 Å². The van der Waals surface area contributed by atoms with Crippen LogP contribution in [-0.2, 0) is 16.1 Å². The molecule has 1 aromatic heterocycles. The Morgan fingerprint density at radius 1 is 1.10 bits per heavy atom. The minimum absolute atomic E-state index is 0.0529. The van der Waals surface area contributed by atoms with Crippen molar-refractivity contribution in [1.29, 1.82) is 0 Å². The summed E-state index contributed by atoms with van der Waals surface area (Å²) < 4.78 is 5.26. The summed E-state index contributed by atoms with van der Waals surface area (Å²) in [4.78, 5) is 31.6. The number of carbonyl (C=O) groups excluding carboxylic acids is 2. The molecular formula is C23H23Cl2N3O3. The molecule has 0 bridgehead atoms. The molecule has 0 unspecified atom stereocenters. The average molecular weight is 460 g/mol. The zero-order chi connectivity index (χ0) is 22.5.